The Morgan fingerprint density at radius 1 is 1.20 bits per heavy atom. The highest BCUT2D eigenvalue weighted by Crippen LogP contribution is 2.11. The Labute approximate surface area is 122 Å². The van der Waals surface area contributed by atoms with Crippen LogP contribution >= 0.6 is 11.6 Å². The molecule has 1 N–H and O–H groups in total. The molecule has 0 aliphatic carbocycles. The van der Waals surface area contributed by atoms with Crippen LogP contribution in [0.4, 0.5) is 0 Å². The van der Waals surface area contributed by atoms with Gasteiger partial charge in [0.2, 0.25) is 0 Å². The van der Waals surface area contributed by atoms with Gasteiger partial charge in [-0.15, -0.1) is 0 Å². The summed E-state index contributed by atoms with van der Waals surface area (Å²) in [5.74, 6) is 0. The number of nitrogens with zero attached hydrogens (tertiary/aromatic N) is 4. The van der Waals surface area contributed by atoms with Gasteiger partial charge in [-0.3, -0.25) is 4.68 Å². The van der Waals surface area contributed by atoms with Crippen LogP contribution in [0, 0.1) is 0 Å². The second kappa shape index (κ2) is 5.64. The lowest BCUT2D eigenvalue weighted by atomic mass is 10.3. The molecule has 0 saturated heterocycles. The fourth-order valence-electron chi connectivity index (χ4n) is 2.13. The highest BCUT2D eigenvalue weighted by Gasteiger charge is 2.02. The van der Waals surface area contributed by atoms with Crippen LogP contribution in [-0.4, -0.2) is 25.7 Å². The third-order valence-corrected chi connectivity index (χ3v) is 3.32. The number of hydrogen-bond acceptors (Lipinski definition) is 3. The molecule has 5 nitrogen and oxygen atoms in total. The first-order valence-electron chi connectivity index (χ1n) is 6.53. The van der Waals surface area contributed by atoms with Crippen LogP contribution in [-0.2, 0) is 20.0 Å². The van der Waals surface area contributed by atoms with Gasteiger partial charge in [-0.2, -0.15) is 5.10 Å². The maximum absolute atomic E-state index is 5.95. The van der Waals surface area contributed by atoms with Gasteiger partial charge in [0, 0.05) is 45.1 Å². The van der Waals surface area contributed by atoms with Crippen molar-refractivity contribution in [1.29, 1.82) is 0 Å². The number of halogens is 1. The molecule has 3 rings (SSSR count). The molecule has 0 atom stereocenters. The Kier molecular flexibility index (Phi) is 3.71. The molecule has 0 saturated carbocycles. The van der Waals surface area contributed by atoms with Crippen LogP contribution in [0.3, 0.4) is 0 Å². The SMILES string of the molecule is Cn1ccc(CCNCc2cn3cc(Cl)ccc3n2)n1. The summed E-state index contributed by atoms with van der Waals surface area (Å²) >= 11 is 5.95. The van der Waals surface area contributed by atoms with Crippen molar-refractivity contribution in [3.63, 3.8) is 0 Å². The summed E-state index contributed by atoms with van der Waals surface area (Å²) in [6, 6.07) is 5.80. The molecule has 104 valence electrons. The predicted molar refractivity (Wildman–Crippen MR) is 78.8 cm³/mol. The van der Waals surface area contributed by atoms with Crippen LogP contribution in [0.15, 0.2) is 36.8 Å². The molecule has 3 heterocycles. The van der Waals surface area contributed by atoms with E-state index in [9.17, 15) is 0 Å². The second-order valence-corrected chi connectivity index (χ2v) is 5.19. The fraction of sp³-hybridized carbons (Fsp3) is 0.286. The monoisotopic (exact) mass is 289 g/mol. The Bertz CT molecular complexity index is 715. The highest BCUT2D eigenvalue weighted by atomic mass is 35.5. The summed E-state index contributed by atoms with van der Waals surface area (Å²) in [5, 5.41) is 8.43. The molecule has 0 aliphatic rings. The van der Waals surface area contributed by atoms with Crippen molar-refractivity contribution in [3.05, 3.63) is 53.2 Å². The summed E-state index contributed by atoms with van der Waals surface area (Å²) in [5.41, 5.74) is 3.02. The van der Waals surface area contributed by atoms with Crippen molar-refractivity contribution in [1.82, 2.24) is 24.5 Å². The van der Waals surface area contributed by atoms with Gasteiger partial charge in [-0.1, -0.05) is 11.6 Å². The van der Waals surface area contributed by atoms with E-state index in [-0.39, 0.29) is 0 Å². The zero-order valence-electron chi connectivity index (χ0n) is 11.3. The topological polar surface area (TPSA) is 47.2 Å². The molecular formula is C14H16ClN5. The average Bonchev–Trinajstić information content (AvgIpc) is 3.00. The van der Waals surface area contributed by atoms with Crippen molar-refractivity contribution < 1.29 is 0 Å². The zero-order valence-corrected chi connectivity index (χ0v) is 12.0. The number of fused-ring (bicyclic) bond motifs is 1. The van der Waals surface area contributed by atoms with Crippen LogP contribution in [0.25, 0.3) is 5.65 Å². The van der Waals surface area contributed by atoms with Gasteiger partial charge in [0.25, 0.3) is 0 Å². The number of nitrogens with one attached hydrogen (secondary N) is 1. The van der Waals surface area contributed by atoms with Gasteiger partial charge in [-0.25, -0.2) is 4.98 Å². The largest absolute Gasteiger partial charge is 0.311 e. The average molecular weight is 290 g/mol. The molecule has 0 amide bonds. The van der Waals surface area contributed by atoms with Gasteiger partial charge < -0.3 is 9.72 Å². The van der Waals surface area contributed by atoms with Crippen LogP contribution in [0.1, 0.15) is 11.4 Å². The fourth-order valence-corrected chi connectivity index (χ4v) is 2.30. The van der Waals surface area contributed by atoms with Crippen LogP contribution in [0.5, 0.6) is 0 Å². The van der Waals surface area contributed by atoms with E-state index < -0.39 is 0 Å². The first-order chi connectivity index (χ1) is 9.70. The lowest BCUT2D eigenvalue weighted by molar-refractivity contribution is 0.659. The highest BCUT2D eigenvalue weighted by molar-refractivity contribution is 6.30. The third-order valence-electron chi connectivity index (χ3n) is 3.10. The molecule has 0 bridgehead atoms. The lowest BCUT2D eigenvalue weighted by Crippen LogP contribution is -2.17. The van der Waals surface area contributed by atoms with Gasteiger partial charge in [-0.05, 0) is 18.2 Å². The van der Waals surface area contributed by atoms with Gasteiger partial charge >= 0.3 is 0 Å². The van der Waals surface area contributed by atoms with E-state index >= 15 is 0 Å². The summed E-state index contributed by atoms with van der Waals surface area (Å²) in [6.07, 6.45) is 6.73. The Morgan fingerprint density at radius 3 is 2.90 bits per heavy atom. The maximum atomic E-state index is 5.95. The maximum Gasteiger partial charge on any atom is 0.137 e. The van der Waals surface area contributed by atoms with Gasteiger partial charge in [0.15, 0.2) is 0 Å². The van der Waals surface area contributed by atoms with E-state index in [2.05, 4.69) is 15.4 Å². The molecular weight excluding hydrogens is 274 g/mol. The minimum atomic E-state index is 0.713. The van der Waals surface area contributed by atoms with Crippen molar-refractivity contribution >= 4 is 17.2 Å². The summed E-state index contributed by atoms with van der Waals surface area (Å²) < 4.78 is 3.76. The molecule has 0 unspecified atom stereocenters. The third kappa shape index (κ3) is 3.00. The molecule has 0 aromatic carbocycles. The number of aryl methyl sites for hydroxylation is 1. The Balaban J connectivity index is 1.54. The van der Waals surface area contributed by atoms with E-state index in [1.54, 1.807) is 0 Å². The number of pyridine rings is 1. The van der Waals surface area contributed by atoms with Gasteiger partial charge in [0.05, 0.1) is 16.4 Å². The lowest BCUT2D eigenvalue weighted by Gasteiger charge is -2.00. The van der Waals surface area contributed by atoms with Gasteiger partial charge in [0.1, 0.15) is 5.65 Å². The summed E-state index contributed by atoms with van der Waals surface area (Å²) in [6.45, 7) is 1.62. The van der Waals surface area contributed by atoms with E-state index in [1.807, 2.05) is 52.9 Å². The number of imidazole rings is 1. The standard InChI is InChI=1S/C14H16ClN5/c1-19-7-5-12(18-19)4-6-16-8-13-10-20-9-11(15)2-3-14(20)17-13/h2-3,5,7,9-10,16H,4,6,8H2,1H3. The first kappa shape index (κ1) is 13.1. The smallest absolute Gasteiger partial charge is 0.137 e. The molecule has 0 aliphatic heterocycles. The molecule has 0 spiro atoms. The normalized spacial score (nSPS) is 11.3. The zero-order chi connectivity index (χ0) is 13.9. The summed E-state index contributed by atoms with van der Waals surface area (Å²) in [7, 11) is 1.93. The minimum absolute atomic E-state index is 0.713. The van der Waals surface area contributed by atoms with Crippen molar-refractivity contribution in [2.24, 2.45) is 7.05 Å². The van der Waals surface area contributed by atoms with Crippen molar-refractivity contribution in [2.45, 2.75) is 13.0 Å². The minimum Gasteiger partial charge on any atom is -0.311 e. The second-order valence-electron chi connectivity index (χ2n) is 4.75. The quantitative estimate of drug-likeness (QED) is 0.731. The molecule has 0 radical (unpaired) electrons. The summed E-state index contributed by atoms with van der Waals surface area (Å²) in [4.78, 5) is 4.52. The van der Waals surface area contributed by atoms with E-state index in [1.165, 1.54) is 0 Å². The van der Waals surface area contributed by atoms with E-state index in [4.69, 9.17) is 11.6 Å². The Hall–Kier alpha value is -1.85. The molecule has 20 heavy (non-hydrogen) atoms. The van der Waals surface area contributed by atoms with E-state index in [0.29, 0.717) is 5.02 Å². The number of hydrogen-bond donors (Lipinski definition) is 1. The van der Waals surface area contributed by atoms with Crippen LogP contribution in [0.2, 0.25) is 5.02 Å². The van der Waals surface area contributed by atoms with Crippen molar-refractivity contribution in [2.75, 3.05) is 6.54 Å². The molecule has 0 fully saturated rings. The molecule has 3 aromatic heterocycles. The number of rotatable bonds is 5. The first-order valence-corrected chi connectivity index (χ1v) is 6.91. The number of aromatic nitrogens is 4. The predicted octanol–water partition coefficient (Wildman–Crippen LogP) is 2.05. The Morgan fingerprint density at radius 2 is 2.10 bits per heavy atom. The van der Waals surface area contributed by atoms with Crippen molar-refractivity contribution in [3.8, 4) is 0 Å². The van der Waals surface area contributed by atoms with E-state index in [0.717, 1.165) is 36.5 Å². The van der Waals surface area contributed by atoms with Crippen LogP contribution < -0.4 is 5.32 Å². The molecule has 6 heteroatoms. The molecule has 3 aromatic rings.